The van der Waals surface area contributed by atoms with Gasteiger partial charge in [0, 0.05) is 6.54 Å². The van der Waals surface area contributed by atoms with Crippen LogP contribution < -0.4 is 5.32 Å². The van der Waals surface area contributed by atoms with Crippen LogP contribution in [0.15, 0.2) is 16.5 Å². The van der Waals surface area contributed by atoms with E-state index in [4.69, 9.17) is 9.15 Å². The zero-order chi connectivity index (χ0) is 12.1. The van der Waals surface area contributed by atoms with Crippen molar-refractivity contribution >= 4 is 5.88 Å². The molecule has 0 spiro atoms. The summed E-state index contributed by atoms with van der Waals surface area (Å²) in [6.07, 6.45) is 2.35. The average molecular weight is 240 g/mol. The topological polar surface area (TPSA) is 77.5 Å². The van der Waals surface area contributed by atoms with Crippen molar-refractivity contribution in [2.45, 2.75) is 19.4 Å². The van der Waals surface area contributed by atoms with Gasteiger partial charge in [0.15, 0.2) is 0 Å². The van der Waals surface area contributed by atoms with E-state index >= 15 is 0 Å². The normalized spacial score (nSPS) is 20.4. The van der Waals surface area contributed by atoms with Gasteiger partial charge in [-0.15, -0.1) is 0 Å². The van der Waals surface area contributed by atoms with Crippen LogP contribution in [0.5, 0.6) is 0 Å². The third-order valence-electron chi connectivity index (χ3n) is 2.82. The lowest BCUT2D eigenvalue weighted by Crippen LogP contribution is -2.32. The average Bonchev–Trinajstić information content (AvgIpc) is 2.79. The fourth-order valence-corrected chi connectivity index (χ4v) is 1.93. The molecule has 94 valence electrons. The number of furan rings is 1. The van der Waals surface area contributed by atoms with Gasteiger partial charge in [0.2, 0.25) is 0 Å². The van der Waals surface area contributed by atoms with Crippen LogP contribution in [0.1, 0.15) is 18.6 Å². The van der Waals surface area contributed by atoms with Gasteiger partial charge in [-0.25, -0.2) is 0 Å². The monoisotopic (exact) mass is 240 g/mol. The lowest BCUT2D eigenvalue weighted by molar-refractivity contribution is -0.402. The Morgan fingerprint density at radius 3 is 3.12 bits per heavy atom. The maximum atomic E-state index is 10.4. The Balaban J connectivity index is 1.71. The molecule has 1 aromatic heterocycles. The van der Waals surface area contributed by atoms with Crippen LogP contribution in [0.4, 0.5) is 5.88 Å². The second kappa shape index (κ2) is 5.79. The van der Waals surface area contributed by atoms with Crippen molar-refractivity contribution < 1.29 is 14.1 Å². The predicted octanol–water partition coefficient (Wildman–Crippen LogP) is 1.70. The Morgan fingerprint density at radius 1 is 1.59 bits per heavy atom. The Kier molecular flexibility index (Phi) is 4.11. The van der Waals surface area contributed by atoms with Gasteiger partial charge >= 0.3 is 5.88 Å². The third kappa shape index (κ3) is 3.54. The molecule has 2 rings (SSSR count). The van der Waals surface area contributed by atoms with Crippen LogP contribution in [0.25, 0.3) is 0 Å². The molecular weight excluding hydrogens is 224 g/mol. The maximum Gasteiger partial charge on any atom is 0.433 e. The van der Waals surface area contributed by atoms with Crippen molar-refractivity contribution in [1.29, 1.82) is 0 Å². The minimum absolute atomic E-state index is 0.233. The fraction of sp³-hybridized carbons (Fsp3) is 0.636. The predicted molar refractivity (Wildman–Crippen MR) is 60.6 cm³/mol. The highest BCUT2D eigenvalue weighted by molar-refractivity contribution is 5.17. The quantitative estimate of drug-likeness (QED) is 0.626. The standard InChI is InChI=1S/C11H16N2O4/c14-13(15)11-4-3-10(17-11)8-16-7-9-2-1-5-12-6-9/h3-4,9,12H,1-2,5-8H2. The number of piperidine rings is 1. The van der Waals surface area contributed by atoms with E-state index in [0.717, 1.165) is 13.1 Å². The highest BCUT2D eigenvalue weighted by Crippen LogP contribution is 2.17. The second-order valence-corrected chi connectivity index (χ2v) is 4.22. The van der Waals surface area contributed by atoms with Crippen LogP contribution in [0, 0.1) is 16.0 Å². The van der Waals surface area contributed by atoms with Crippen molar-refractivity contribution in [3.05, 3.63) is 28.0 Å². The van der Waals surface area contributed by atoms with Gasteiger partial charge in [0.25, 0.3) is 0 Å². The molecule has 0 radical (unpaired) electrons. The Labute approximate surface area is 99.1 Å². The van der Waals surface area contributed by atoms with E-state index in [9.17, 15) is 10.1 Å². The van der Waals surface area contributed by atoms with Gasteiger partial charge in [-0.2, -0.15) is 0 Å². The van der Waals surface area contributed by atoms with Gasteiger partial charge in [-0.3, -0.25) is 10.1 Å². The van der Waals surface area contributed by atoms with Gasteiger partial charge < -0.3 is 14.5 Å². The van der Waals surface area contributed by atoms with Crippen LogP contribution >= 0.6 is 0 Å². The van der Waals surface area contributed by atoms with Crippen LogP contribution in [-0.4, -0.2) is 24.6 Å². The van der Waals surface area contributed by atoms with E-state index < -0.39 is 4.92 Å². The summed E-state index contributed by atoms with van der Waals surface area (Å²) in [7, 11) is 0. The minimum Gasteiger partial charge on any atom is -0.403 e. The van der Waals surface area contributed by atoms with E-state index in [1.807, 2.05) is 0 Å². The Hall–Kier alpha value is -1.40. The van der Waals surface area contributed by atoms with Gasteiger partial charge in [-0.05, 0) is 31.4 Å². The van der Waals surface area contributed by atoms with Crippen molar-refractivity contribution in [1.82, 2.24) is 5.32 Å². The first-order valence-corrected chi connectivity index (χ1v) is 5.77. The van der Waals surface area contributed by atoms with E-state index in [0.29, 0.717) is 24.9 Å². The molecule has 6 nitrogen and oxygen atoms in total. The summed E-state index contributed by atoms with van der Waals surface area (Å²) in [5.41, 5.74) is 0. The van der Waals surface area contributed by atoms with Gasteiger partial charge in [-0.1, -0.05) is 0 Å². The zero-order valence-electron chi connectivity index (χ0n) is 9.55. The van der Waals surface area contributed by atoms with Gasteiger partial charge in [0.05, 0.1) is 12.7 Å². The Bertz CT molecular complexity index is 371. The number of hydrogen-bond donors (Lipinski definition) is 1. The minimum atomic E-state index is -0.547. The fourth-order valence-electron chi connectivity index (χ4n) is 1.93. The van der Waals surface area contributed by atoms with E-state index in [2.05, 4.69) is 5.32 Å². The van der Waals surface area contributed by atoms with E-state index in [-0.39, 0.29) is 5.88 Å². The molecule has 2 heterocycles. The molecule has 1 aliphatic heterocycles. The molecule has 1 saturated heterocycles. The van der Waals surface area contributed by atoms with Crippen LogP contribution in [0.2, 0.25) is 0 Å². The molecule has 1 unspecified atom stereocenters. The molecule has 0 bridgehead atoms. The highest BCUT2D eigenvalue weighted by Gasteiger charge is 2.14. The smallest absolute Gasteiger partial charge is 0.403 e. The lowest BCUT2D eigenvalue weighted by atomic mass is 10.0. The highest BCUT2D eigenvalue weighted by atomic mass is 16.6. The van der Waals surface area contributed by atoms with Crippen LogP contribution in [0.3, 0.4) is 0 Å². The number of nitrogens with one attached hydrogen (secondary N) is 1. The molecule has 1 N–H and O–H groups in total. The van der Waals surface area contributed by atoms with E-state index in [1.54, 1.807) is 6.07 Å². The third-order valence-corrected chi connectivity index (χ3v) is 2.82. The SMILES string of the molecule is O=[N+]([O-])c1ccc(COCC2CCCNC2)o1. The summed E-state index contributed by atoms with van der Waals surface area (Å²) in [6.45, 7) is 3.03. The molecule has 1 fully saturated rings. The summed E-state index contributed by atoms with van der Waals surface area (Å²) in [4.78, 5) is 9.85. The largest absolute Gasteiger partial charge is 0.433 e. The Morgan fingerprint density at radius 2 is 2.47 bits per heavy atom. The lowest BCUT2D eigenvalue weighted by Gasteiger charge is -2.22. The molecule has 0 aliphatic carbocycles. The number of hydrogen-bond acceptors (Lipinski definition) is 5. The van der Waals surface area contributed by atoms with E-state index in [1.165, 1.54) is 18.9 Å². The number of ether oxygens (including phenoxy) is 1. The molecule has 1 aromatic rings. The van der Waals surface area contributed by atoms with Crippen molar-refractivity contribution in [2.24, 2.45) is 5.92 Å². The molecule has 0 saturated carbocycles. The summed E-state index contributed by atoms with van der Waals surface area (Å²) in [5.74, 6) is 0.803. The number of nitrogens with zero attached hydrogens (tertiary/aromatic N) is 1. The first kappa shape index (κ1) is 12.1. The number of nitro groups is 1. The summed E-state index contributed by atoms with van der Waals surface area (Å²) >= 11 is 0. The molecule has 17 heavy (non-hydrogen) atoms. The van der Waals surface area contributed by atoms with Crippen LogP contribution in [-0.2, 0) is 11.3 Å². The maximum absolute atomic E-state index is 10.4. The van der Waals surface area contributed by atoms with Gasteiger partial charge in [0.1, 0.15) is 17.3 Å². The number of rotatable bonds is 5. The first-order valence-electron chi connectivity index (χ1n) is 5.77. The van der Waals surface area contributed by atoms with Crippen molar-refractivity contribution in [3.63, 3.8) is 0 Å². The zero-order valence-corrected chi connectivity index (χ0v) is 9.55. The molecular formula is C11H16N2O4. The molecule has 6 heteroatoms. The second-order valence-electron chi connectivity index (χ2n) is 4.22. The molecule has 1 atom stereocenters. The molecule has 0 amide bonds. The summed E-state index contributed by atoms with van der Waals surface area (Å²) in [6, 6.07) is 2.93. The summed E-state index contributed by atoms with van der Waals surface area (Å²) in [5, 5.41) is 13.7. The van der Waals surface area contributed by atoms with Crippen molar-refractivity contribution in [3.8, 4) is 0 Å². The molecule has 0 aromatic carbocycles. The van der Waals surface area contributed by atoms with Crippen molar-refractivity contribution in [2.75, 3.05) is 19.7 Å². The first-order chi connectivity index (χ1) is 8.25. The molecule has 1 aliphatic rings. The summed E-state index contributed by atoms with van der Waals surface area (Å²) < 4.78 is 10.5.